The number of nitrogens with zero attached hydrogens (tertiary/aromatic N) is 2. The summed E-state index contributed by atoms with van der Waals surface area (Å²) in [5.41, 5.74) is 0. The summed E-state index contributed by atoms with van der Waals surface area (Å²) in [5, 5.41) is 6.18. The molecule has 0 saturated carbocycles. The summed E-state index contributed by atoms with van der Waals surface area (Å²) in [5.74, 6) is 0.171. The molecule has 2 rings (SSSR count). The van der Waals surface area contributed by atoms with Gasteiger partial charge in [-0.1, -0.05) is 0 Å². The van der Waals surface area contributed by atoms with Gasteiger partial charge in [0.05, 0.1) is 6.04 Å². The molecule has 6 nitrogen and oxygen atoms in total. The Balaban J connectivity index is 1.84. The molecule has 0 aliphatic carbocycles. The first kappa shape index (κ1) is 14.3. The van der Waals surface area contributed by atoms with Crippen molar-refractivity contribution in [3.63, 3.8) is 0 Å². The topological polar surface area (TPSA) is 64.7 Å². The van der Waals surface area contributed by atoms with Crippen molar-refractivity contribution in [2.45, 2.75) is 32.4 Å². The van der Waals surface area contributed by atoms with Crippen molar-refractivity contribution in [2.75, 3.05) is 39.3 Å². The van der Waals surface area contributed by atoms with E-state index in [-0.39, 0.29) is 23.9 Å². The number of hydrogen-bond acceptors (Lipinski definition) is 4. The van der Waals surface area contributed by atoms with Crippen molar-refractivity contribution in [1.82, 2.24) is 20.4 Å². The summed E-state index contributed by atoms with van der Waals surface area (Å²) in [6, 6.07) is 0.0647. The normalized spacial score (nSPS) is 26.2. The molecule has 0 aromatic carbocycles. The molecule has 2 saturated heterocycles. The minimum atomic E-state index is -0.0572. The third kappa shape index (κ3) is 3.67. The molecule has 2 amide bonds. The Labute approximate surface area is 114 Å². The smallest absolute Gasteiger partial charge is 0.239 e. The van der Waals surface area contributed by atoms with Gasteiger partial charge in [-0.2, -0.15) is 0 Å². The fourth-order valence-electron chi connectivity index (χ4n) is 2.86. The van der Waals surface area contributed by atoms with Gasteiger partial charge in [0, 0.05) is 52.2 Å². The number of piperazine rings is 1. The van der Waals surface area contributed by atoms with Crippen LogP contribution in [0.15, 0.2) is 0 Å². The van der Waals surface area contributed by atoms with Gasteiger partial charge in [0.2, 0.25) is 11.8 Å². The van der Waals surface area contributed by atoms with Crippen molar-refractivity contribution < 1.29 is 9.59 Å². The SMILES string of the molecule is CC(=O)NC1CCN(C(=O)C(C)N2CCNCC2)C1. The van der Waals surface area contributed by atoms with Crippen LogP contribution in [-0.2, 0) is 9.59 Å². The van der Waals surface area contributed by atoms with Gasteiger partial charge >= 0.3 is 0 Å². The van der Waals surface area contributed by atoms with E-state index in [0.29, 0.717) is 6.54 Å². The van der Waals surface area contributed by atoms with Crippen LogP contribution in [0.4, 0.5) is 0 Å². The standard InChI is InChI=1S/C13H24N4O2/c1-10(16-7-4-14-5-8-16)13(19)17-6-3-12(9-17)15-11(2)18/h10,12,14H,3-9H2,1-2H3,(H,15,18). The maximum absolute atomic E-state index is 12.4. The molecular formula is C13H24N4O2. The van der Waals surface area contributed by atoms with E-state index in [4.69, 9.17) is 0 Å². The van der Waals surface area contributed by atoms with Crippen molar-refractivity contribution in [3.8, 4) is 0 Å². The zero-order chi connectivity index (χ0) is 13.8. The van der Waals surface area contributed by atoms with E-state index >= 15 is 0 Å². The highest BCUT2D eigenvalue weighted by Crippen LogP contribution is 2.13. The minimum absolute atomic E-state index is 0.0190. The highest BCUT2D eigenvalue weighted by molar-refractivity contribution is 5.82. The Morgan fingerprint density at radius 1 is 1.26 bits per heavy atom. The first-order chi connectivity index (χ1) is 9.08. The molecule has 2 fully saturated rings. The number of amides is 2. The molecule has 0 radical (unpaired) electrons. The van der Waals surface area contributed by atoms with E-state index in [1.165, 1.54) is 6.92 Å². The molecule has 2 heterocycles. The van der Waals surface area contributed by atoms with Gasteiger partial charge < -0.3 is 15.5 Å². The molecule has 2 aliphatic rings. The lowest BCUT2D eigenvalue weighted by Crippen LogP contribution is -2.53. The predicted molar refractivity (Wildman–Crippen MR) is 72.7 cm³/mol. The molecule has 108 valence electrons. The highest BCUT2D eigenvalue weighted by Gasteiger charge is 2.32. The van der Waals surface area contributed by atoms with Crippen molar-refractivity contribution in [2.24, 2.45) is 0 Å². The average Bonchev–Trinajstić information content (AvgIpc) is 2.85. The summed E-state index contributed by atoms with van der Waals surface area (Å²) in [6.45, 7) is 8.66. The fourth-order valence-corrected chi connectivity index (χ4v) is 2.86. The van der Waals surface area contributed by atoms with Crippen molar-refractivity contribution in [1.29, 1.82) is 0 Å². The van der Waals surface area contributed by atoms with E-state index in [0.717, 1.165) is 39.1 Å². The first-order valence-electron chi connectivity index (χ1n) is 7.08. The lowest BCUT2D eigenvalue weighted by atomic mass is 10.2. The van der Waals surface area contributed by atoms with Gasteiger partial charge in [-0.25, -0.2) is 0 Å². The molecule has 2 atom stereocenters. The summed E-state index contributed by atoms with van der Waals surface area (Å²) >= 11 is 0. The zero-order valence-electron chi connectivity index (χ0n) is 11.8. The van der Waals surface area contributed by atoms with E-state index in [1.807, 2.05) is 11.8 Å². The Kier molecular flexibility index (Phi) is 4.76. The summed E-state index contributed by atoms with van der Waals surface area (Å²) in [7, 11) is 0. The number of rotatable bonds is 3. The molecule has 2 aliphatic heterocycles. The van der Waals surface area contributed by atoms with Crippen LogP contribution in [-0.4, -0.2) is 73.0 Å². The van der Waals surface area contributed by atoms with E-state index < -0.39 is 0 Å². The van der Waals surface area contributed by atoms with Gasteiger partial charge in [0.15, 0.2) is 0 Å². The number of carbonyl (C=O) groups is 2. The fraction of sp³-hybridized carbons (Fsp3) is 0.846. The predicted octanol–water partition coefficient (Wildman–Crippen LogP) is -0.983. The number of nitrogens with one attached hydrogen (secondary N) is 2. The maximum Gasteiger partial charge on any atom is 0.239 e. The van der Waals surface area contributed by atoms with Gasteiger partial charge in [-0.05, 0) is 13.3 Å². The van der Waals surface area contributed by atoms with E-state index in [1.54, 1.807) is 0 Å². The lowest BCUT2D eigenvalue weighted by molar-refractivity contribution is -0.135. The van der Waals surface area contributed by atoms with Gasteiger partial charge in [0.25, 0.3) is 0 Å². The second kappa shape index (κ2) is 6.34. The maximum atomic E-state index is 12.4. The molecule has 6 heteroatoms. The van der Waals surface area contributed by atoms with E-state index in [2.05, 4.69) is 15.5 Å². The molecule has 0 spiro atoms. The van der Waals surface area contributed by atoms with Crippen molar-refractivity contribution in [3.05, 3.63) is 0 Å². The first-order valence-corrected chi connectivity index (χ1v) is 7.08. The molecule has 0 bridgehead atoms. The highest BCUT2D eigenvalue weighted by atomic mass is 16.2. The second-order valence-corrected chi connectivity index (χ2v) is 5.43. The Morgan fingerprint density at radius 2 is 1.95 bits per heavy atom. The molecule has 2 N–H and O–H groups in total. The minimum Gasteiger partial charge on any atom is -0.352 e. The second-order valence-electron chi connectivity index (χ2n) is 5.43. The lowest BCUT2D eigenvalue weighted by Gasteiger charge is -2.34. The third-order valence-electron chi connectivity index (χ3n) is 3.96. The van der Waals surface area contributed by atoms with Crippen LogP contribution in [0.1, 0.15) is 20.3 Å². The van der Waals surface area contributed by atoms with Gasteiger partial charge in [0.1, 0.15) is 0 Å². The Hall–Kier alpha value is -1.14. The summed E-state index contributed by atoms with van der Waals surface area (Å²) in [4.78, 5) is 27.6. The number of carbonyl (C=O) groups excluding carboxylic acids is 2. The quantitative estimate of drug-likeness (QED) is 0.690. The van der Waals surface area contributed by atoms with Crippen LogP contribution in [0.5, 0.6) is 0 Å². The largest absolute Gasteiger partial charge is 0.352 e. The number of hydrogen-bond donors (Lipinski definition) is 2. The molecule has 0 aromatic heterocycles. The molecule has 19 heavy (non-hydrogen) atoms. The Morgan fingerprint density at radius 3 is 2.58 bits per heavy atom. The summed E-state index contributed by atoms with van der Waals surface area (Å²) < 4.78 is 0. The zero-order valence-corrected chi connectivity index (χ0v) is 11.8. The Bertz CT molecular complexity index is 342. The van der Waals surface area contributed by atoms with E-state index in [9.17, 15) is 9.59 Å². The van der Waals surface area contributed by atoms with Crippen LogP contribution in [0.25, 0.3) is 0 Å². The molecule has 2 unspecified atom stereocenters. The summed E-state index contributed by atoms with van der Waals surface area (Å²) in [6.07, 6.45) is 0.861. The van der Waals surface area contributed by atoms with Crippen LogP contribution < -0.4 is 10.6 Å². The molecular weight excluding hydrogens is 244 g/mol. The van der Waals surface area contributed by atoms with Crippen LogP contribution in [0, 0.1) is 0 Å². The monoisotopic (exact) mass is 268 g/mol. The van der Waals surface area contributed by atoms with Gasteiger partial charge in [-0.15, -0.1) is 0 Å². The van der Waals surface area contributed by atoms with Gasteiger partial charge in [-0.3, -0.25) is 14.5 Å². The third-order valence-corrected chi connectivity index (χ3v) is 3.96. The number of likely N-dealkylation sites (tertiary alicyclic amines) is 1. The average molecular weight is 268 g/mol. The molecule has 0 aromatic rings. The van der Waals surface area contributed by atoms with Crippen LogP contribution in [0.3, 0.4) is 0 Å². The van der Waals surface area contributed by atoms with Crippen molar-refractivity contribution >= 4 is 11.8 Å². The van der Waals surface area contributed by atoms with Crippen LogP contribution >= 0.6 is 0 Å². The van der Waals surface area contributed by atoms with Crippen LogP contribution in [0.2, 0.25) is 0 Å².